The van der Waals surface area contributed by atoms with Gasteiger partial charge < -0.3 is 9.84 Å². The molecule has 0 saturated heterocycles. The first-order valence-electron chi connectivity index (χ1n) is 9.55. The van der Waals surface area contributed by atoms with Crippen molar-refractivity contribution in [3.05, 3.63) is 59.1 Å². The lowest BCUT2D eigenvalue weighted by Gasteiger charge is -2.38. The fraction of sp³-hybridized carbons (Fsp3) is 0.286. The molecule has 160 valence electrons. The fourth-order valence-corrected chi connectivity index (χ4v) is 4.95. The molecule has 2 atom stereocenters. The summed E-state index contributed by atoms with van der Waals surface area (Å²) >= 11 is 0.981. The van der Waals surface area contributed by atoms with E-state index in [1.807, 2.05) is 0 Å². The highest BCUT2D eigenvalue weighted by molar-refractivity contribution is 7.14. The molecule has 2 aliphatic rings. The number of thiazole rings is 1. The molecule has 0 saturated carbocycles. The minimum absolute atomic E-state index is 0.0440. The van der Waals surface area contributed by atoms with Gasteiger partial charge >= 0.3 is 6.18 Å². The van der Waals surface area contributed by atoms with Crippen molar-refractivity contribution in [2.75, 3.05) is 12.1 Å². The van der Waals surface area contributed by atoms with Gasteiger partial charge in [0.2, 0.25) is 5.13 Å². The minimum Gasteiger partial charge on any atom is -0.497 e. The van der Waals surface area contributed by atoms with Crippen molar-refractivity contribution in [3.8, 4) is 17.1 Å². The molecule has 10 heteroatoms. The Hall–Kier alpha value is -2.98. The number of nitrogens with zero attached hydrogens (tertiary/aromatic N) is 4. The molecule has 3 heterocycles. The third kappa shape index (κ3) is 3.01. The summed E-state index contributed by atoms with van der Waals surface area (Å²) in [6.45, 7) is 0. The van der Waals surface area contributed by atoms with Crippen molar-refractivity contribution < 1.29 is 23.0 Å². The van der Waals surface area contributed by atoms with Crippen LogP contribution in [0.1, 0.15) is 17.5 Å². The van der Waals surface area contributed by atoms with E-state index in [0.29, 0.717) is 34.1 Å². The highest BCUT2D eigenvalue weighted by Gasteiger charge is 2.68. The van der Waals surface area contributed by atoms with Crippen molar-refractivity contribution in [1.29, 1.82) is 0 Å². The Kier molecular flexibility index (Phi) is 4.52. The SMILES string of the molecule is COc1ccc2c(c1)CC[C@H]1C2=NN(c2nc(-c3ccccn3)cs2)[C@@]1(O)C(F)(F)F. The normalized spacial score (nSPS) is 22.7. The number of rotatable bonds is 3. The van der Waals surface area contributed by atoms with Gasteiger partial charge in [-0.15, -0.1) is 11.3 Å². The van der Waals surface area contributed by atoms with Gasteiger partial charge in [-0.1, -0.05) is 6.07 Å². The Labute approximate surface area is 179 Å². The summed E-state index contributed by atoms with van der Waals surface area (Å²) in [6, 6.07) is 10.4. The lowest BCUT2D eigenvalue weighted by atomic mass is 9.77. The van der Waals surface area contributed by atoms with Crippen LogP contribution in [0.4, 0.5) is 18.3 Å². The average molecular weight is 446 g/mol. The van der Waals surface area contributed by atoms with Crippen LogP contribution in [0.15, 0.2) is 53.1 Å². The summed E-state index contributed by atoms with van der Waals surface area (Å²) in [6.07, 6.45) is -2.89. The second kappa shape index (κ2) is 7.03. The Morgan fingerprint density at radius 3 is 2.77 bits per heavy atom. The van der Waals surface area contributed by atoms with Crippen molar-refractivity contribution in [3.63, 3.8) is 0 Å². The summed E-state index contributed by atoms with van der Waals surface area (Å²) in [5.74, 6) is -0.603. The van der Waals surface area contributed by atoms with Crippen molar-refractivity contribution in [2.24, 2.45) is 11.0 Å². The number of aromatic nitrogens is 2. The Balaban J connectivity index is 1.62. The maximum Gasteiger partial charge on any atom is 0.439 e. The van der Waals surface area contributed by atoms with E-state index in [2.05, 4.69) is 15.1 Å². The zero-order chi connectivity index (χ0) is 21.8. The second-order valence-electron chi connectivity index (χ2n) is 7.37. The van der Waals surface area contributed by atoms with Gasteiger partial charge in [-0.3, -0.25) is 4.98 Å². The first-order valence-corrected chi connectivity index (χ1v) is 10.4. The van der Waals surface area contributed by atoms with Crippen molar-refractivity contribution in [1.82, 2.24) is 9.97 Å². The number of alkyl halides is 3. The van der Waals surface area contributed by atoms with E-state index in [0.717, 1.165) is 16.9 Å². The molecule has 31 heavy (non-hydrogen) atoms. The highest BCUT2D eigenvalue weighted by Crippen LogP contribution is 2.51. The maximum atomic E-state index is 14.3. The Bertz CT molecular complexity index is 1160. The maximum absolute atomic E-state index is 14.3. The monoisotopic (exact) mass is 446 g/mol. The second-order valence-corrected chi connectivity index (χ2v) is 8.20. The fourth-order valence-electron chi connectivity index (χ4n) is 4.12. The van der Waals surface area contributed by atoms with Gasteiger partial charge in [0.05, 0.1) is 24.4 Å². The smallest absolute Gasteiger partial charge is 0.439 e. The number of benzene rings is 1. The van der Waals surface area contributed by atoms with Crippen LogP contribution in [0.2, 0.25) is 0 Å². The Morgan fingerprint density at radius 1 is 1.23 bits per heavy atom. The van der Waals surface area contributed by atoms with Crippen LogP contribution < -0.4 is 9.75 Å². The molecule has 1 aliphatic heterocycles. The largest absolute Gasteiger partial charge is 0.497 e. The Morgan fingerprint density at radius 2 is 2.06 bits per heavy atom. The molecule has 0 fully saturated rings. The predicted octanol–water partition coefficient (Wildman–Crippen LogP) is 4.25. The molecule has 1 aliphatic carbocycles. The van der Waals surface area contributed by atoms with E-state index < -0.39 is 17.8 Å². The number of ether oxygens (including phenoxy) is 1. The number of hydrogen-bond donors (Lipinski definition) is 1. The standard InChI is InChI=1S/C21H17F3N4O2S/c1-30-13-6-7-14-12(10-13)5-8-15-18(14)27-28(20(15,29)21(22,23)24)19-26-17(11-31-19)16-4-2-3-9-25-16/h2-4,6-7,9-11,15,29H,5,8H2,1H3/t15-,20-/m0/s1. The summed E-state index contributed by atoms with van der Waals surface area (Å²) < 4.78 is 48.0. The van der Waals surface area contributed by atoms with Gasteiger partial charge in [0.15, 0.2) is 0 Å². The molecule has 1 aromatic carbocycles. The number of aryl methyl sites for hydroxylation is 1. The highest BCUT2D eigenvalue weighted by atomic mass is 32.1. The van der Waals surface area contributed by atoms with E-state index in [4.69, 9.17) is 4.74 Å². The first-order chi connectivity index (χ1) is 14.8. The van der Waals surface area contributed by atoms with Crippen LogP contribution in [0.3, 0.4) is 0 Å². The summed E-state index contributed by atoms with van der Waals surface area (Å²) in [4.78, 5) is 8.49. The number of fused-ring (bicyclic) bond motifs is 3. The molecule has 0 amide bonds. The molecule has 0 bridgehead atoms. The lowest BCUT2D eigenvalue weighted by Crippen LogP contribution is -2.60. The number of hydrogen-bond acceptors (Lipinski definition) is 7. The van der Waals surface area contributed by atoms with Crippen LogP contribution in [0, 0.1) is 5.92 Å². The van der Waals surface area contributed by atoms with Crippen molar-refractivity contribution >= 4 is 22.2 Å². The van der Waals surface area contributed by atoms with E-state index in [-0.39, 0.29) is 17.3 Å². The predicted molar refractivity (Wildman–Crippen MR) is 110 cm³/mol. The number of pyridine rings is 1. The van der Waals surface area contributed by atoms with Crippen LogP contribution in [0.5, 0.6) is 5.75 Å². The van der Waals surface area contributed by atoms with Gasteiger partial charge in [-0.25, -0.2) is 4.98 Å². The molecule has 0 spiro atoms. The zero-order valence-corrected chi connectivity index (χ0v) is 17.1. The number of hydrazone groups is 1. The molecule has 5 rings (SSSR count). The molecule has 3 aromatic rings. The molecule has 1 N–H and O–H groups in total. The summed E-state index contributed by atoms with van der Waals surface area (Å²) in [7, 11) is 1.53. The van der Waals surface area contributed by atoms with E-state index in [9.17, 15) is 18.3 Å². The topological polar surface area (TPSA) is 70.8 Å². The molecule has 2 aromatic heterocycles. The van der Waals surface area contributed by atoms with Crippen LogP contribution in [-0.4, -0.2) is 39.8 Å². The number of aliphatic hydroxyl groups is 1. The van der Waals surface area contributed by atoms with Gasteiger partial charge in [-0.2, -0.15) is 23.3 Å². The molecular weight excluding hydrogens is 429 g/mol. The zero-order valence-electron chi connectivity index (χ0n) is 16.3. The van der Waals surface area contributed by atoms with E-state index in [1.54, 1.807) is 48.0 Å². The number of halogens is 3. The summed E-state index contributed by atoms with van der Waals surface area (Å²) in [5, 5.41) is 17.5. The minimum atomic E-state index is -4.94. The average Bonchev–Trinajstić information content (AvgIpc) is 3.37. The van der Waals surface area contributed by atoms with Gasteiger partial charge in [0.1, 0.15) is 11.4 Å². The third-order valence-electron chi connectivity index (χ3n) is 5.66. The summed E-state index contributed by atoms with van der Waals surface area (Å²) in [5.41, 5.74) is -0.595. The van der Waals surface area contributed by atoms with Gasteiger partial charge in [-0.05, 0) is 48.7 Å². The van der Waals surface area contributed by atoms with Gasteiger partial charge in [0.25, 0.3) is 5.72 Å². The van der Waals surface area contributed by atoms with E-state index >= 15 is 0 Å². The van der Waals surface area contributed by atoms with Crippen LogP contribution in [0.25, 0.3) is 11.4 Å². The molecular formula is C21H17F3N4O2S. The van der Waals surface area contributed by atoms with Gasteiger partial charge in [0, 0.05) is 17.1 Å². The number of methoxy groups -OCH3 is 1. The molecule has 0 unspecified atom stereocenters. The molecule has 0 radical (unpaired) electrons. The van der Waals surface area contributed by atoms with E-state index in [1.165, 1.54) is 7.11 Å². The lowest BCUT2D eigenvalue weighted by molar-refractivity contribution is -0.268. The third-order valence-corrected chi connectivity index (χ3v) is 6.47. The quantitative estimate of drug-likeness (QED) is 0.651. The van der Waals surface area contributed by atoms with Crippen LogP contribution in [-0.2, 0) is 6.42 Å². The van der Waals surface area contributed by atoms with Crippen LogP contribution >= 0.6 is 11.3 Å². The first kappa shape index (κ1) is 20.0. The number of anilines is 1. The molecule has 6 nitrogen and oxygen atoms in total. The van der Waals surface area contributed by atoms with Crippen molar-refractivity contribution in [2.45, 2.75) is 24.7 Å².